The Morgan fingerprint density at radius 3 is 2.06 bits per heavy atom. The summed E-state index contributed by atoms with van der Waals surface area (Å²) in [7, 11) is 0. The molecule has 4 heteroatoms. The number of rotatable bonds is 9. The molecule has 0 aliphatic rings. The van der Waals surface area contributed by atoms with Gasteiger partial charge in [-0.1, -0.05) is 55.5 Å². The molecule has 0 unspecified atom stereocenters. The molecule has 0 aromatic heterocycles. The molecular weight excluding hydrogens is 421 g/mol. The molecule has 0 aliphatic carbocycles. The van der Waals surface area contributed by atoms with Gasteiger partial charge in [-0.05, 0) is 84.0 Å². The topological polar surface area (TPSA) is 9.23 Å². The Hall–Kier alpha value is -3.27. The van der Waals surface area contributed by atoms with Crippen molar-refractivity contribution >= 4 is 10.8 Å². The molecule has 4 aromatic carbocycles. The van der Waals surface area contributed by atoms with Crippen molar-refractivity contribution in [3.8, 4) is 5.75 Å². The van der Waals surface area contributed by atoms with Crippen LogP contribution in [0.4, 0.5) is 13.2 Å². The lowest BCUT2D eigenvalue weighted by atomic mass is 9.97. The first-order valence-corrected chi connectivity index (χ1v) is 11.4. The predicted octanol–water partition coefficient (Wildman–Crippen LogP) is 7.62. The van der Waals surface area contributed by atoms with E-state index in [1.165, 1.54) is 17.7 Å². The van der Waals surface area contributed by atoms with Gasteiger partial charge in [0.05, 0.1) is 6.61 Å². The number of benzene rings is 4. The van der Waals surface area contributed by atoms with Gasteiger partial charge in [-0.25, -0.2) is 13.2 Å². The molecule has 0 amide bonds. The number of fused-ring (bicyclic) bond motifs is 1. The molecule has 0 saturated carbocycles. The van der Waals surface area contributed by atoms with E-state index in [1.54, 1.807) is 6.07 Å². The lowest BCUT2D eigenvalue weighted by Gasteiger charge is -2.10. The molecular formula is C29H27F3O. The molecule has 4 rings (SSSR count). The largest absolute Gasteiger partial charge is 0.494 e. The van der Waals surface area contributed by atoms with Crippen molar-refractivity contribution in [2.45, 2.75) is 39.0 Å². The van der Waals surface area contributed by atoms with Crippen LogP contribution in [0.25, 0.3) is 10.8 Å². The Bertz CT molecular complexity index is 1230. The minimum atomic E-state index is -0.875. The van der Waals surface area contributed by atoms with Crippen molar-refractivity contribution in [3.63, 3.8) is 0 Å². The third-order valence-electron chi connectivity index (χ3n) is 5.86. The van der Waals surface area contributed by atoms with Gasteiger partial charge in [0.15, 0.2) is 11.6 Å². The lowest BCUT2D eigenvalue weighted by Crippen LogP contribution is -1.98. The number of ether oxygens (including phenoxy) is 1. The summed E-state index contributed by atoms with van der Waals surface area (Å²) < 4.78 is 47.2. The number of aryl methyl sites for hydroxylation is 4. The normalized spacial score (nSPS) is 11.2. The fourth-order valence-corrected chi connectivity index (χ4v) is 3.97. The van der Waals surface area contributed by atoms with Crippen molar-refractivity contribution < 1.29 is 17.9 Å². The summed E-state index contributed by atoms with van der Waals surface area (Å²) in [4.78, 5) is 0. The van der Waals surface area contributed by atoms with Gasteiger partial charge >= 0.3 is 0 Å². The Kier molecular flexibility index (Phi) is 7.33. The van der Waals surface area contributed by atoms with Crippen LogP contribution in [0.5, 0.6) is 5.75 Å². The monoisotopic (exact) mass is 448 g/mol. The van der Waals surface area contributed by atoms with Crippen LogP contribution in [-0.4, -0.2) is 6.61 Å². The first-order chi connectivity index (χ1) is 16.0. The van der Waals surface area contributed by atoms with Gasteiger partial charge in [-0.15, -0.1) is 0 Å². The average Bonchev–Trinajstić information content (AvgIpc) is 2.83. The summed E-state index contributed by atoms with van der Waals surface area (Å²) >= 11 is 0. The van der Waals surface area contributed by atoms with Crippen LogP contribution in [-0.2, 0) is 25.7 Å². The fraction of sp³-hybridized carbons (Fsp3) is 0.241. The highest BCUT2D eigenvalue weighted by Gasteiger charge is 2.10. The van der Waals surface area contributed by atoms with Crippen molar-refractivity contribution in [2.24, 2.45) is 0 Å². The highest BCUT2D eigenvalue weighted by molar-refractivity contribution is 5.84. The third kappa shape index (κ3) is 5.75. The highest BCUT2D eigenvalue weighted by atomic mass is 19.2. The van der Waals surface area contributed by atoms with Crippen LogP contribution in [0.3, 0.4) is 0 Å². The average molecular weight is 449 g/mol. The van der Waals surface area contributed by atoms with Crippen molar-refractivity contribution in [1.29, 1.82) is 0 Å². The first-order valence-electron chi connectivity index (χ1n) is 11.4. The molecule has 0 radical (unpaired) electrons. The van der Waals surface area contributed by atoms with E-state index in [9.17, 15) is 8.78 Å². The highest BCUT2D eigenvalue weighted by Crippen LogP contribution is 2.25. The smallest absolute Gasteiger partial charge is 0.159 e. The molecule has 0 aliphatic heterocycles. The fourth-order valence-electron chi connectivity index (χ4n) is 3.97. The van der Waals surface area contributed by atoms with E-state index >= 15 is 4.39 Å². The van der Waals surface area contributed by atoms with E-state index in [4.69, 9.17) is 4.74 Å². The molecule has 1 nitrogen and oxygen atoms in total. The molecule has 0 heterocycles. The standard InChI is InChI=1S/C29H27F3O/c1-2-17-33-25-13-6-20(7-14-25)3-4-21-8-15-26-24(18-21)12-11-23(29(26)32)10-5-22-9-16-27(30)28(31)19-22/h6-9,11-16,18-19H,2-5,10,17H2,1H3. The number of hydrogen-bond acceptors (Lipinski definition) is 1. The SMILES string of the molecule is CCCOc1ccc(CCc2ccc3c(F)c(CCc4ccc(F)c(F)c4)ccc3c2)cc1. The summed E-state index contributed by atoms with van der Waals surface area (Å²) in [5, 5.41) is 1.45. The first kappa shape index (κ1) is 22.9. The molecule has 170 valence electrons. The van der Waals surface area contributed by atoms with Crippen LogP contribution in [0.15, 0.2) is 72.8 Å². The van der Waals surface area contributed by atoms with Gasteiger partial charge in [-0.2, -0.15) is 0 Å². The van der Waals surface area contributed by atoms with Crippen LogP contribution in [0, 0.1) is 17.5 Å². The summed E-state index contributed by atoms with van der Waals surface area (Å²) in [6, 6.07) is 21.6. The maximum absolute atomic E-state index is 15.1. The molecule has 4 aromatic rings. The second kappa shape index (κ2) is 10.6. The molecule has 0 fully saturated rings. The molecule has 0 N–H and O–H groups in total. The van der Waals surface area contributed by atoms with E-state index in [-0.39, 0.29) is 5.82 Å². The Morgan fingerprint density at radius 1 is 0.636 bits per heavy atom. The van der Waals surface area contributed by atoms with Crippen LogP contribution < -0.4 is 4.74 Å². The Morgan fingerprint density at radius 2 is 1.30 bits per heavy atom. The maximum Gasteiger partial charge on any atom is 0.159 e. The summed E-state index contributed by atoms with van der Waals surface area (Å²) in [5.74, 6) is -1.10. The quantitative estimate of drug-likeness (QED) is 0.256. The zero-order chi connectivity index (χ0) is 23.2. The summed E-state index contributed by atoms with van der Waals surface area (Å²) in [5.41, 5.74) is 3.61. The molecule has 0 atom stereocenters. The van der Waals surface area contributed by atoms with Gasteiger partial charge in [0, 0.05) is 5.39 Å². The van der Waals surface area contributed by atoms with Gasteiger partial charge in [0.2, 0.25) is 0 Å². The van der Waals surface area contributed by atoms with E-state index in [0.29, 0.717) is 29.4 Å². The molecule has 0 spiro atoms. The van der Waals surface area contributed by atoms with Crippen LogP contribution in [0.1, 0.15) is 35.6 Å². The van der Waals surface area contributed by atoms with Gasteiger partial charge in [0.25, 0.3) is 0 Å². The van der Waals surface area contributed by atoms with E-state index in [2.05, 4.69) is 19.1 Å². The number of hydrogen-bond donors (Lipinski definition) is 0. The van der Waals surface area contributed by atoms with Gasteiger partial charge in [0.1, 0.15) is 11.6 Å². The number of halogens is 3. The molecule has 0 bridgehead atoms. The van der Waals surface area contributed by atoms with Crippen molar-refractivity contribution in [1.82, 2.24) is 0 Å². The summed E-state index contributed by atoms with van der Waals surface area (Å²) in [6.45, 7) is 2.81. The second-order valence-electron chi connectivity index (χ2n) is 8.34. The van der Waals surface area contributed by atoms with Gasteiger partial charge < -0.3 is 4.74 Å². The minimum absolute atomic E-state index is 0.246. The minimum Gasteiger partial charge on any atom is -0.494 e. The van der Waals surface area contributed by atoms with Gasteiger partial charge in [-0.3, -0.25) is 0 Å². The van der Waals surface area contributed by atoms with Crippen molar-refractivity contribution in [3.05, 3.63) is 113 Å². The van der Waals surface area contributed by atoms with E-state index in [1.807, 2.05) is 36.4 Å². The van der Waals surface area contributed by atoms with Crippen LogP contribution in [0.2, 0.25) is 0 Å². The zero-order valence-electron chi connectivity index (χ0n) is 18.7. The maximum atomic E-state index is 15.1. The third-order valence-corrected chi connectivity index (χ3v) is 5.86. The summed E-state index contributed by atoms with van der Waals surface area (Å²) in [6.07, 6.45) is 3.62. The zero-order valence-corrected chi connectivity index (χ0v) is 18.7. The van der Waals surface area contributed by atoms with E-state index in [0.717, 1.165) is 48.6 Å². The van der Waals surface area contributed by atoms with Crippen LogP contribution >= 0.6 is 0 Å². The molecule has 0 saturated heterocycles. The van der Waals surface area contributed by atoms with E-state index < -0.39 is 11.6 Å². The Labute approximate surface area is 192 Å². The second-order valence-corrected chi connectivity index (χ2v) is 8.34. The molecule has 33 heavy (non-hydrogen) atoms. The predicted molar refractivity (Wildman–Crippen MR) is 127 cm³/mol. The Balaban J connectivity index is 1.41. The van der Waals surface area contributed by atoms with Crippen molar-refractivity contribution in [2.75, 3.05) is 6.61 Å². The lowest BCUT2D eigenvalue weighted by molar-refractivity contribution is 0.317.